The number of likely N-dealkylation sites (tertiary alicyclic amines) is 1. The third-order valence-electron chi connectivity index (χ3n) is 6.67. The molecule has 0 amide bonds. The molecule has 1 aliphatic rings. The number of hydrogen-bond donors (Lipinski definition) is 1. The van der Waals surface area contributed by atoms with Gasteiger partial charge in [-0.05, 0) is 55.8 Å². The molecule has 0 radical (unpaired) electrons. The Balaban J connectivity index is 1.30. The summed E-state index contributed by atoms with van der Waals surface area (Å²) in [6.07, 6.45) is 5.68. The summed E-state index contributed by atoms with van der Waals surface area (Å²) in [5.41, 5.74) is 5.23. The molecule has 5 rings (SSSR count). The van der Waals surface area contributed by atoms with E-state index in [2.05, 4.69) is 44.5 Å². The largest absolute Gasteiger partial charge is 0.373 e. The third-order valence-corrected chi connectivity index (χ3v) is 6.67. The topological polar surface area (TPSA) is 80.9 Å². The molecule has 1 aromatic carbocycles. The van der Waals surface area contributed by atoms with Gasteiger partial charge in [0.25, 0.3) is 0 Å². The highest BCUT2D eigenvalue weighted by Gasteiger charge is 2.23. The Morgan fingerprint density at radius 3 is 2.55 bits per heavy atom. The molecule has 0 bridgehead atoms. The summed E-state index contributed by atoms with van der Waals surface area (Å²) in [7, 11) is 5.55. The van der Waals surface area contributed by atoms with Gasteiger partial charge in [0.2, 0.25) is 0 Å². The van der Waals surface area contributed by atoms with Crippen molar-refractivity contribution in [1.29, 1.82) is 0 Å². The summed E-state index contributed by atoms with van der Waals surface area (Å²) in [6, 6.07) is 12.3. The standard InChI is InChI=1S/C25H29N7O/c1-26-23-14-20(28-24(29-23)19-5-4-10-27-15-19)18-8-11-32(12-9-18)16-17-6-7-21-22(13-17)31(3)25(33)30(21)2/h4-7,10,13-15,18H,8-9,11-12,16H2,1-3H3,(H,26,28,29). The smallest absolute Gasteiger partial charge is 0.328 e. The highest BCUT2D eigenvalue weighted by molar-refractivity contribution is 5.76. The maximum atomic E-state index is 12.2. The molecule has 8 heteroatoms. The monoisotopic (exact) mass is 443 g/mol. The van der Waals surface area contributed by atoms with E-state index in [1.165, 1.54) is 5.56 Å². The zero-order valence-corrected chi connectivity index (χ0v) is 19.3. The number of benzene rings is 1. The molecule has 0 unspecified atom stereocenters. The molecule has 1 aliphatic heterocycles. The summed E-state index contributed by atoms with van der Waals surface area (Å²) in [4.78, 5) is 28.4. The van der Waals surface area contributed by atoms with Crippen LogP contribution in [-0.4, -0.2) is 49.1 Å². The number of piperidine rings is 1. The number of rotatable bonds is 5. The van der Waals surface area contributed by atoms with Gasteiger partial charge in [0.05, 0.1) is 11.0 Å². The molecule has 3 aromatic heterocycles. The summed E-state index contributed by atoms with van der Waals surface area (Å²) in [6.45, 7) is 2.91. The molecule has 1 fully saturated rings. The number of fused-ring (bicyclic) bond motifs is 1. The fourth-order valence-electron chi connectivity index (χ4n) is 4.72. The predicted octanol–water partition coefficient (Wildman–Crippen LogP) is 3.15. The molecule has 4 heterocycles. The normalized spacial score (nSPS) is 15.2. The van der Waals surface area contributed by atoms with Crippen molar-refractivity contribution in [3.63, 3.8) is 0 Å². The number of anilines is 1. The van der Waals surface area contributed by atoms with Crippen LogP contribution in [0.25, 0.3) is 22.4 Å². The molecular weight excluding hydrogens is 414 g/mol. The van der Waals surface area contributed by atoms with Gasteiger partial charge >= 0.3 is 5.69 Å². The number of nitrogens with one attached hydrogen (secondary N) is 1. The van der Waals surface area contributed by atoms with E-state index in [4.69, 9.17) is 4.98 Å². The van der Waals surface area contributed by atoms with Crippen molar-refractivity contribution in [2.24, 2.45) is 14.1 Å². The number of nitrogens with zero attached hydrogens (tertiary/aromatic N) is 6. The van der Waals surface area contributed by atoms with Crippen LogP contribution < -0.4 is 11.0 Å². The Morgan fingerprint density at radius 2 is 1.82 bits per heavy atom. The average Bonchev–Trinajstić information content (AvgIpc) is 3.08. The fourth-order valence-corrected chi connectivity index (χ4v) is 4.72. The summed E-state index contributed by atoms with van der Waals surface area (Å²) < 4.78 is 3.42. The average molecular weight is 444 g/mol. The van der Waals surface area contributed by atoms with Crippen molar-refractivity contribution in [2.45, 2.75) is 25.3 Å². The molecule has 1 saturated heterocycles. The van der Waals surface area contributed by atoms with Gasteiger partial charge in [0.1, 0.15) is 5.82 Å². The lowest BCUT2D eigenvalue weighted by molar-refractivity contribution is 0.203. The zero-order valence-electron chi connectivity index (χ0n) is 19.3. The van der Waals surface area contributed by atoms with Crippen molar-refractivity contribution in [3.8, 4) is 11.4 Å². The molecule has 0 aliphatic carbocycles. The molecule has 8 nitrogen and oxygen atoms in total. The Labute approximate surface area is 192 Å². The van der Waals surface area contributed by atoms with Crippen molar-refractivity contribution in [3.05, 3.63) is 70.5 Å². The molecule has 0 atom stereocenters. The van der Waals surface area contributed by atoms with E-state index in [0.29, 0.717) is 11.7 Å². The number of hydrogen-bond acceptors (Lipinski definition) is 6. The van der Waals surface area contributed by atoms with E-state index in [-0.39, 0.29) is 5.69 Å². The number of imidazole rings is 1. The van der Waals surface area contributed by atoms with E-state index in [1.54, 1.807) is 21.5 Å². The van der Waals surface area contributed by atoms with Crippen molar-refractivity contribution in [2.75, 3.05) is 25.5 Å². The summed E-state index contributed by atoms with van der Waals surface area (Å²) in [5, 5.41) is 3.17. The quantitative estimate of drug-likeness (QED) is 0.510. The van der Waals surface area contributed by atoms with Crippen molar-refractivity contribution >= 4 is 16.9 Å². The van der Waals surface area contributed by atoms with Gasteiger partial charge in [-0.3, -0.25) is 19.0 Å². The first-order valence-corrected chi connectivity index (χ1v) is 11.4. The van der Waals surface area contributed by atoms with Crippen LogP contribution in [0.2, 0.25) is 0 Å². The molecule has 170 valence electrons. The van der Waals surface area contributed by atoms with Crippen LogP contribution in [0.3, 0.4) is 0 Å². The molecule has 4 aromatic rings. The Kier molecular flexibility index (Phi) is 5.68. The Hall–Kier alpha value is -3.52. The van der Waals surface area contributed by atoms with Crippen molar-refractivity contribution in [1.82, 2.24) is 29.0 Å². The maximum Gasteiger partial charge on any atom is 0.328 e. The van der Waals surface area contributed by atoms with Crippen LogP contribution in [0.1, 0.15) is 30.0 Å². The van der Waals surface area contributed by atoms with Crippen LogP contribution >= 0.6 is 0 Å². The van der Waals surface area contributed by atoms with Crippen LogP contribution in [0.4, 0.5) is 5.82 Å². The van der Waals surface area contributed by atoms with E-state index in [1.807, 2.05) is 33.3 Å². The lowest BCUT2D eigenvalue weighted by Gasteiger charge is -2.32. The second-order valence-corrected chi connectivity index (χ2v) is 8.77. The molecule has 0 saturated carbocycles. The number of aromatic nitrogens is 5. The van der Waals surface area contributed by atoms with Gasteiger partial charge in [-0.15, -0.1) is 0 Å². The third kappa shape index (κ3) is 4.14. The van der Waals surface area contributed by atoms with Gasteiger partial charge in [-0.25, -0.2) is 14.8 Å². The minimum Gasteiger partial charge on any atom is -0.373 e. The van der Waals surface area contributed by atoms with E-state index in [9.17, 15) is 4.79 Å². The highest BCUT2D eigenvalue weighted by atomic mass is 16.1. The second kappa shape index (κ2) is 8.78. The first kappa shape index (κ1) is 21.3. The number of aryl methyl sites for hydroxylation is 2. The van der Waals surface area contributed by atoms with Crippen LogP contribution in [0.5, 0.6) is 0 Å². The predicted molar refractivity (Wildman–Crippen MR) is 130 cm³/mol. The van der Waals surface area contributed by atoms with Gasteiger partial charge in [0.15, 0.2) is 5.82 Å². The van der Waals surface area contributed by atoms with E-state index in [0.717, 1.165) is 60.6 Å². The Bertz CT molecular complexity index is 1330. The van der Waals surface area contributed by atoms with E-state index < -0.39 is 0 Å². The zero-order chi connectivity index (χ0) is 22.9. The lowest BCUT2D eigenvalue weighted by Crippen LogP contribution is -2.32. The summed E-state index contributed by atoms with van der Waals surface area (Å²) >= 11 is 0. The number of pyridine rings is 1. The van der Waals surface area contributed by atoms with Crippen LogP contribution in [0, 0.1) is 0 Å². The molecule has 0 spiro atoms. The fraction of sp³-hybridized carbons (Fsp3) is 0.360. The summed E-state index contributed by atoms with van der Waals surface area (Å²) in [5.74, 6) is 1.96. The SMILES string of the molecule is CNc1cc(C2CCN(Cc3ccc4c(c3)n(C)c(=O)n4C)CC2)nc(-c2cccnc2)n1. The van der Waals surface area contributed by atoms with E-state index >= 15 is 0 Å². The molecule has 1 N–H and O–H groups in total. The maximum absolute atomic E-state index is 12.2. The minimum atomic E-state index is 0.0133. The van der Waals surface area contributed by atoms with Gasteiger partial charge in [-0.1, -0.05) is 6.07 Å². The van der Waals surface area contributed by atoms with Crippen molar-refractivity contribution < 1.29 is 0 Å². The van der Waals surface area contributed by atoms with Crippen LogP contribution in [-0.2, 0) is 20.6 Å². The lowest BCUT2D eigenvalue weighted by atomic mass is 9.92. The highest BCUT2D eigenvalue weighted by Crippen LogP contribution is 2.30. The first-order valence-electron chi connectivity index (χ1n) is 11.4. The van der Waals surface area contributed by atoms with Gasteiger partial charge in [-0.2, -0.15) is 0 Å². The first-order chi connectivity index (χ1) is 16.0. The molecular formula is C25H29N7O. The minimum absolute atomic E-state index is 0.0133. The second-order valence-electron chi connectivity index (χ2n) is 8.77. The van der Waals surface area contributed by atoms with Gasteiger partial charge in [0, 0.05) is 63.3 Å². The van der Waals surface area contributed by atoms with Gasteiger partial charge < -0.3 is 5.32 Å². The van der Waals surface area contributed by atoms with Crippen LogP contribution in [0.15, 0.2) is 53.6 Å². The molecule has 33 heavy (non-hydrogen) atoms. The Morgan fingerprint density at radius 1 is 1.03 bits per heavy atom.